The molecule has 1 unspecified atom stereocenters. The van der Waals surface area contributed by atoms with Crippen LogP contribution in [0.4, 0.5) is 4.79 Å². The average Bonchev–Trinajstić information content (AvgIpc) is 2.26. The minimum absolute atomic E-state index is 0.0547. The average molecular weight is 286 g/mol. The maximum absolute atomic E-state index is 11.6. The minimum Gasteiger partial charge on any atom is -0.444 e. The molecular formula is C15H30N2O3. The molecule has 2 amide bonds. The summed E-state index contributed by atoms with van der Waals surface area (Å²) in [6.45, 7) is 10.0. The topological polar surface area (TPSA) is 67.4 Å². The Morgan fingerprint density at radius 3 is 2.40 bits per heavy atom. The molecule has 0 aromatic rings. The SMILES string of the molecule is CCCCCC(=O)NC(C)CCNC(=O)OC(C)(C)C. The fourth-order valence-corrected chi connectivity index (χ4v) is 1.66. The lowest BCUT2D eigenvalue weighted by molar-refractivity contribution is -0.121. The summed E-state index contributed by atoms with van der Waals surface area (Å²) < 4.78 is 5.13. The molecule has 1 atom stereocenters. The quantitative estimate of drug-likeness (QED) is 0.674. The number of hydrogen-bond acceptors (Lipinski definition) is 3. The molecule has 0 spiro atoms. The van der Waals surface area contributed by atoms with E-state index < -0.39 is 11.7 Å². The minimum atomic E-state index is -0.483. The lowest BCUT2D eigenvalue weighted by Crippen LogP contribution is -2.37. The van der Waals surface area contributed by atoms with Crippen molar-refractivity contribution in [3.8, 4) is 0 Å². The highest BCUT2D eigenvalue weighted by Crippen LogP contribution is 2.06. The van der Waals surface area contributed by atoms with Crippen LogP contribution >= 0.6 is 0 Å². The molecule has 0 aromatic heterocycles. The zero-order chi connectivity index (χ0) is 15.6. The van der Waals surface area contributed by atoms with Crippen molar-refractivity contribution < 1.29 is 14.3 Å². The number of ether oxygens (including phenoxy) is 1. The Hall–Kier alpha value is -1.26. The third-order valence-electron chi connectivity index (χ3n) is 2.66. The van der Waals surface area contributed by atoms with E-state index in [0.29, 0.717) is 19.4 Å². The molecule has 5 nitrogen and oxygen atoms in total. The highest BCUT2D eigenvalue weighted by atomic mass is 16.6. The zero-order valence-corrected chi connectivity index (χ0v) is 13.5. The van der Waals surface area contributed by atoms with Gasteiger partial charge in [0.15, 0.2) is 0 Å². The Balaban J connectivity index is 3.70. The normalized spacial score (nSPS) is 12.7. The number of amides is 2. The molecular weight excluding hydrogens is 256 g/mol. The van der Waals surface area contributed by atoms with Crippen LogP contribution in [-0.2, 0) is 9.53 Å². The number of hydrogen-bond donors (Lipinski definition) is 2. The third kappa shape index (κ3) is 11.8. The van der Waals surface area contributed by atoms with E-state index >= 15 is 0 Å². The number of alkyl carbamates (subject to hydrolysis) is 1. The fourth-order valence-electron chi connectivity index (χ4n) is 1.66. The summed E-state index contributed by atoms with van der Waals surface area (Å²) in [4.78, 5) is 23.0. The van der Waals surface area contributed by atoms with Gasteiger partial charge in [0, 0.05) is 19.0 Å². The van der Waals surface area contributed by atoms with Crippen LogP contribution < -0.4 is 10.6 Å². The second-order valence-electron chi connectivity index (χ2n) is 6.14. The van der Waals surface area contributed by atoms with Crippen molar-refractivity contribution in [1.29, 1.82) is 0 Å². The number of carbonyl (C=O) groups excluding carboxylic acids is 2. The van der Waals surface area contributed by atoms with Gasteiger partial charge in [-0.2, -0.15) is 0 Å². The molecule has 0 aliphatic rings. The Labute approximate surface area is 122 Å². The molecule has 0 aliphatic heterocycles. The molecule has 0 radical (unpaired) electrons. The smallest absolute Gasteiger partial charge is 0.407 e. The van der Waals surface area contributed by atoms with Crippen molar-refractivity contribution >= 4 is 12.0 Å². The van der Waals surface area contributed by atoms with Crippen LogP contribution in [0.1, 0.15) is 66.7 Å². The van der Waals surface area contributed by atoms with Gasteiger partial charge in [-0.1, -0.05) is 19.8 Å². The van der Waals surface area contributed by atoms with E-state index in [-0.39, 0.29) is 11.9 Å². The van der Waals surface area contributed by atoms with Crippen molar-refractivity contribution in [2.75, 3.05) is 6.54 Å². The van der Waals surface area contributed by atoms with Crippen LogP contribution in [0.5, 0.6) is 0 Å². The summed E-state index contributed by atoms with van der Waals surface area (Å²) in [7, 11) is 0. The Bertz CT molecular complexity index is 298. The monoisotopic (exact) mass is 286 g/mol. The molecule has 0 fully saturated rings. The van der Waals surface area contributed by atoms with Crippen LogP contribution in [0.25, 0.3) is 0 Å². The highest BCUT2D eigenvalue weighted by Gasteiger charge is 2.16. The predicted molar refractivity (Wildman–Crippen MR) is 80.6 cm³/mol. The Morgan fingerprint density at radius 1 is 1.20 bits per heavy atom. The summed E-state index contributed by atoms with van der Waals surface area (Å²) in [6, 6.07) is 0.0547. The van der Waals surface area contributed by atoms with Crippen LogP contribution in [-0.4, -0.2) is 30.2 Å². The maximum Gasteiger partial charge on any atom is 0.407 e. The molecule has 2 N–H and O–H groups in total. The van der Waals surface area contributed by atoms with Crippen LogP contribution in [0.15, 0.2) is 0 Å². The van der Waals surface area contributed by atoms with E-state index in [1.807, 2.05) is 27.7 Å². The van der Waals surface area contributed by atoms with E-state index in [2.05, 4.69) is 17.6 Å². The van der Waals surface area contributed by atoms with E-state index in [1.54, 1.807) is 0 Å². The van der Waals surface area contributed by atoms with Gasteiger partial charge in [-0.3, -0.25) is 4.79 Å². The largest absolute Gasteiger partial charge is 0.444 e. The molecule has 0 saturated heterocycles. The maximum atomic E-state index is 11.6. The van der Waals surface area contributed by atoms with Gasteiger partial charge in [-0.05, 0) is 40.5 Å². The first kappa shape index (κ1) is 18.7. The first-order valence-corrected chi connectivity index (χ1v) is 7.50. The van der Waals surface area contributed by atoms with E-state index in [9.17, 15) is 9.59 Å². The number of unbranched alkanes of at least 4 members (excludes halogenated alkanes) is 2. The Morgan fingerprint density at radius 2 is 1.85 bits per heavy atom. The van der Waals surface area contributed by atoms with Gasteiger partial charge in [0.25, 0.3) is 0 Å². The van der Waals surface area contributed by atoms with Gasteiger partial charge in [-0.15, -0.1) is 0 Å². The second kappa shape index (κ2) is 9.61. The molecule has 0 heterocycles. The van der Waals surface area contributed by atoms with E-state index in [0.717, 1.165) is 19.3 Å². The van der Waals surface area contributed by atoms with Crippen LogP contribution in [0, 0.1) is 0 Å². The number of nitrogens with one attached hydrogen (secondary N) is 2. The van der Waals surface area contributed by atoms with Gasteiger partial charge in [0.2, 0.25) is 5.91 Å². The van der Waals surface area contributed by atoms with Gasteiger partial charge in [0.1, 0.15) is 5.60 Å². The number of rotatable bonds is 8. The van der Waals surface area contributed by atoms with Gasteiger partial charge in [0.05, 0.1) is 0 Å². The lowest BCUT2D eigenvalue weighted by atomic mass is 10.2. The summed E-state index contributed by atoms with van der Waals surface area (Å²) in [5.74, 6) is 0.0863. The molecule has 118 valence electrons. The molecule has 0 saturated carbocycles. The van der Waals surface area contributed by atoms with Crippen molar-refractivity contribution in [3.63, 3.8) is 0 Å². The summed E-state index contributed by atoms with van der Waals surface area (Å²) in [5.41, 5.74) is -0.483. The fraction of sp³-hybridized carbons (Fsp3) is 0.867. The van der Waals surface area contributed by atoms with E-state index in [4.69, 9.17) is 4.74 Å². The molecule has 0 aromatic carbocycles. The van der Waals surface area contributed by atoms with Crippen molar-refractivity contribution in [2.24, 2.45) is 0 Å². The first-order chi connectivity index (χ1) is 9.24. The van der Waals surface area contributed by atoms with Crippen molar-refractivity contribution in [2.45, 2.75) is 78.4 Å². The second-order valence-corrected chi connectivity index (χ2v) is 6.14. The van der Waals surface area contributed by atoms with Crippen LogP contribution in [0.2, 0.25) is 0 Å². The summed E-state index contributed by atoms with van der Waals surface area (Å²) in [6.07, 6.45) is 3.99. The molecule has 20 heavy (non-hydrogen) atoms. The Kier molecular flexibility index (Phi) is 9.01. The van der Waals surface area contributed by atoms with Gasteiger partial charge >= 0.3 is 6.09 Å². The van der Waals surface area contributed by atoms with Gasteiger partial charge in [-0.25, -0.2) is 4.79 Å². The predicted octanol–water partition coefficient (Wildman–Crippen LogP) is 2.99. The molecule has 0 aliphatic carbocycles. The van der Waals surface area contributed by atoms with E-state index in [1.165, 1.54) is 0 Å². The lowest BCUT2D eigenvalue weighted by Gasteiger charge is -2.20. The van der Waals surface area contributed by atoms with Crippen molar-refractivity contribution in [3.05, 3.63) is 0 Å². The summed E-state index contributed by atoms with van der Waals surface area (Å²) in [5, 5.41) is 5.61. The third-order valence-corrected chi connectivity index (χ3v) is 2.66. The number of carbonyl (C=O) groups is 2. The standard InChI is InChI=1S/C15H30N2O3/c1-6-7-8-9-13(18)17-12(2)10-11-16-14(19)20-15(3,4)5/h12H,6-11H2,1-5H3,(H,16,19)(H,17,18). The zero-order valence-electron chi connectivity index (χ0n) is 13.5. The molecule has 5 heteroatoms. The van der Waals surface area contributed by atoms with Crippen molar-refractivity contribution in [1.82, 2.24) is 10.6 Å². The first-order valence-electron chi connectivity index (χ1n) is 7.50. The van der Waals surface area contributed by atoms with Gasteiger partial charge < -0.3 is 15.4 Å². The molecule has 0 bridgehead atoms. The summed E-state index contributed by atoms with van der Waals surface area (Å²) >= 11 is 0. The molecule has 0 rings (SSSR count). The highest BCUT2D eigenvalue weighted by molar-refractivity contribution is 5.76. The van der Waals surface area contributed by atoms with Crippen LogP contribution in [0.3, 0.4) is 0 Å².